The van der Waals surface area contributed by atoms with Gasteiger partial charge < -0.3 is 5.32 Å². The van der Waals surface area contributed by atoms with E-state index in [-0.39, 0.29) is 0 Å². The molecule has 0 saturated heterocycles. The molecule has 0 aliphatic heterocycles. The molecule has 5 nitrogen and oxygen atoms in total. The highest BCUT2D eigenvalue weighted by atomic mass is 15.3. The van der Waals surface area contributed by atoms with E-state index in [0.717, 1.165) is 5.69 Å². The maximum Gasteiger partial charge on any atom is 0.127 e. The molecular weight excluding hydrogens is 202 g/mol. The lowest BCUT2D eigenvalue weighted by molar-refractivity contribution is 0.747. The number of rotatable bonds is 3. The molecular formula is C11H11N5. The van der Waals surface area contributed by atoms with E-state index >= 15 is 0 Å². The smallest absolute Gasteiger partial charge is 0.127 e. The Morgan fingerprint density at radius 1 is 1.50 bits per heavy atom. The lowest BCUT2D eigenvalue weighted by Gasteiger charge is -2.02. The molecule has 0 bridgehead atoms. The van der Waals surface area contributed by atoms with Crippen LogP contribution in [-0.2, 0) is 13.6 Å². The molecule has 0 atom stereocenters. The fraction of sp³-hybridized carbons (Fsp3) is 0.182. The second-order valence-electron chi connectivity index (χ2n) is 3.38. The minimum Gasteiger partial charge on any atom is -0.364 e. The molecule has 80 valence electrons. The van der Waals surface area contributed by atoms with Crippen LogP contribution in [0.4, 0.5) is 5.82 Å². The van der Waals surface area contributed by atoms with Crippen molar-refractivity contribution in [3.8, 4) is 6.07 Å². The van der Waals surface area contributed by atoms with Crippen LogP contribution in [0.25, 0.3) is 0 Å². The van der Waals surface area contributed by atoms with E-state index in [4.69, 9.17) is 5.26 Å². The molecule has 0 amide bonds. The molecule has 2 heterocycles. The fourth-order valence-electron chi connectivity index (χ4n) is 1.34. The van der Waals surface area contributed by atoms with Crippen LogP contribution < -0.4 is 5.32 Å². The van der Waals surface area contributed by atoms with Crippen molar-refractivity contribution in [2.24, 2.45) is 7.05 Å². The first-order valence-corrected chi connectivity index (χ1v) is 4.86. The summed E-state index contributed by atoms with van der Waals surface area (Å²) >= 11 is 0. The number of nitrogens with one attached hydrogen (secondary N) is 1. The molecule has 0 aliphatic carbocycles. The standard InChI is InChI=1S/C11H11N5/c1-16-5-3-10(15-16)8-14-11-6-9(7-12)2-4-13-11/h2-6H,8H2,1H3,(H,13,14). The van der Waals surface area contributed by atoms with Gasteiger partial charge in [0.15, 0.2) is 0 Å². The fourth-order valence-corrected chi connectivity index (χ4v) is 1.34. The van der Waals surface area contributed by atoms with Crippen molar-refractivity contribution < 1.29 is 0 Å². The number of nitriles is 1. The summed E-state index contributed by atoms with van der Waals surface area (Å²) < 4.78 is 1.75. The van der Waals surface area contributed by atoms with Gasteiger partial charge >= 0.3 is 0 Å². The van der Waals surface area contributed by atoms with Crippen LogP contribution in [0.2, 0.25) is 0 Å². The van der Waals surface area contributed by atoms with Crippen molar-refractivity contribution in [2.45, 2.75) is 6.54 Å². The van der Waals surface area contributed by atoms with Gasteiger partial charge in [0.2, 0.25) is 0 Å². The van der Waals surface area contributed by atoms with Gasteiger partial charge in [-0.15, -0.1) is 0 Å². The minimum absolute atomic E-state index is 0.596. The number of anilines is 1. The Bertz CT molecular complexity index is 523. The average Bonchev–Trinajstić information content (AvgIpc) is 2.73. The Balaban J connectivity index is 2.02. The first kappa shape index (κ1) is 10.2. The van der Waals surface area contributed by atoms with Crippen molar-refractivity contribution in [3.63, 3.8) is 0 Å². The summed E-state index contributed by atoms with van der Waals surface area (Å²) in [4.78, 5) is 4.11. The third-order valence-corrected chi connectivity index (χ3v) is 2.11. The predicted octanol–water partition coefficient (Wildman–Crippen LogP) is 1.30. The van der Waals surface area contributed by atoms with Gasteiger partial charge in [0.1, 0.15) is 5.82 Å². The Morgan fingerprint density at radius 2 is 2.38 bits per heavy atom. The van der Waals surface area contributed by atoms with E-state index in [1.807, 2.05) is 19.3 Å². The van der Waals surface area contributed by atoms with Crippen LogP contribution in [-0.4, -0.2) is 14.8 Å². The Morgan fingerprint density at radius 3 is 3.06 bits per heavy atom. The maximum absolute atomic E-state index is 8.73. The molecule has 2 aromatic rings. The number of hydrogen-bond donors (Lipinski definition) is 1. The molecule has 2 rings (SSSR count). The summed E-state index contributed by atoms with van der Waals surface area (Å²) in [6.45, 7) is 0.600. The lowest BCUT2D eigenvalue weighted by atomic mass is 10.3. The summed E-state index contributed by atoms with van der Waals surface area (Å²) in [7, 11) is 1.87. The van der Waals surface area contributed by atoms with Gasteiger partial charge in [-0.05, 0) is 18.2 Å². The summed E-state index contributed by atoms with van der Waals surface area (Å²) in [6.07, 6.45) is 3.50. The van der Waals surface area contributed by atoms with Crippen molar-refractivity contribution in [2.75, 3.05) is 5.32 Å². The van der Waals surface area contributed by atoms with Crippen molar-refractivity contribution in [3.05, 3.63) is 41.9 Å². The first-order valence-electron chi connectivity index (χ1n) is 4.86. The summed E-state index contributed by atoms with van der Waals surface area (Å²) in [5, 5.41) is 16.1. The summed E-state index contributed by atoms with van der Waals surface area (Å²) in [6, 6.07) is 7.39. The third-order valence-electron chi connectivity index (χ3n) is 2.11. The van der Waals surface area contributed by atoms with E-state index in [1.54, 1.807) is 23.0 Å². The highest BCUT2D eigenvalue weighted by Gasteiger charge is 1.98. The van der Waals surface area contributed by atoms with Gasteiger partial charge in [0.25, 0.3) is 0 Å². The van der Waals surface area contributed by atoms with Gasteiger partial charge in [-0.1, -0.05) is 0 Å². The van der Waals surface area contributed by atoms with Gasteiger partial charge in [0.05, 0.1) is 23.9 Å². The van der Waals surface area contributed by atoms with Crippen molar-refractivity contribution in [1.29, 1.82) is 5.26 Å². The minimum atomic E-state index is 0.596. The van der Waals surface area contributed by atoms with Crippen LogP contribution in [0.3, 0.4) is 0 Å². The second-order valence-corrected chi connectivity index (χ2v) is 3.38. The molecule has 0 aromatic carbocycles. The summed E-state index contributed by atoms with van der Waals surface area (Å²) in [5.41, 5.74) is 1.53. The van der Waals surface area contributed by atoms with Crippen LogP contribution in [0.15, 0.2) is 30.6 Å². The molecule has 0 aliphatic rings. The van der Waals surface area contributed by atoms with E-state index in [2.05, 4.69) is 21.5 Å². The van der Waals surface area contributed by atoms with Crippen molar-refractivity contribution in [1.82, 2.24) is 14.8 Å². The van der Waals surface area contributed by atoms with Crippen molar-refractivity contribution >= 4 is 5.82 Å². The SMILES string of the molecule is Cn1ccc(CNc2cc(C#N)ccn2)n1. The monoisotopic (exact) mass is 213 g/mol. The number of hydrogen-bond acceptors (Lipinski definition) is 4. The highest BCUT2D eigenvalue weighted by molar-refractivity contribution is 5.42. The molecule has 0 spiro atoms. The molecule has 16 heavy (non-hydrogen) atoms. The third kappa shape index (κ3) is 2.36. The quantitative estimate of drug-likeness (QED) is 0.834. The molecule has 0 radical (unpaired) electrons. The Kier molecular flexibility index (Phi) is 2.83. The molecule has 1 N–H and O–H groups in total. The van der Waals surface area contributed by atoms with Gasteiger partial charge in [-0.2, -0.15) is 10.4 Å². The normalized spacial score (nSPS) is 9.75. The van der Waals surface area contributed by atoms with Gasteiger partial charge in [0, 0.05) is 19.4 Å². The average molecular weight is 213 g/mol. The number of aryl methyl sites for hydroxylation is 1. The van der Waals surface area contributed by atoms with E-state index < -0.39 is 0 Å². The van der Waals surface area contributed by atoms with Gasteiger partial charge in [-0.25, -0.2) is 4.98 Å². The lowest BCUT2D eigenvalue weighted by Crippen LogP contribution is -2.02. The van der Waals surface area contributed by atoms with Crippen LogP contribution in [0, 0.1) is 11.3 Å². The summed E-state index contributed by atoms with van der Waals surface area (Å²) in [5.74, 6) is 0.685. The maximum atomic E-state index is 8.73. The zero-order chi connectivity index (χ0) is 11.4. The molecule has 0 unspecified atom stereocenters. The van der Waals surface area contributed by atoms with Crippen LogP contribution >= 0.6 is 0 Å². The van der Waals surface area contributed by atoms with Gasteiger partial charge in [-0.3, -0.25) is 4.68 Å². The zero-order valence-electron chi connectivity index (χ0n) is 8.88. The van der Waals surface area contributed by atoms with Crippen LogP contribution in [0.1, 0.15) is 11.3 Å². The molecule has 0 saturated carbocycles. The Labute approximate surface area is 93.4 Å². The molecule has 5 heteroatoms. The Hall–Kier alpha value is -2.35. The van der Waals surface area contributed by atoms with E-state index in [9.17, 15) is 0 Å². The largest absolute Gasteiger partial charge is 0.364 e. The van der Waals surface area contributed by atoms with E-state index in [0.29, 0.717) is 17.9 Å². The van der Waals surface area contributed by atoms with Crippen LogP contribution in [0.5, 0.6) is 0 Å². The first-order chi connectivity index (χ1) is 7.78. The predicted molar refractivity (Wildman–Crippen MR) is 59.5 cm³/mol. The number of pyridine rings is 1. The number of nitrogens with zero attached hydrogens (tertiary/aromatic N) is 4. The second kappa shape index (κ2) is 4.45. The van der Waals surface area contributed by atoms with E-state index in [1.165, 1.54) is 0 Å². The molecule has 0 fully saturated rings. The number of aromatic nitrogens is 3. The zero-order valence-corrected chi connectivity index (χ0v) is 8.88. The topological polar surface area (TPSA) is 66.5 Å². The highest BCUT2D eigenvalue weighted by Crippen LogP contribution is 2.07. The molecule has 2 aromatic heterocycles.